The first kappa shape index (κ1) is 16.8. The summed E-state index contributed by atoms with van der Waals surface area (Å²) in [6.07, 6.45) is 0.150. The van der Waals surface area contributed by atoms with Crippen molar-refractivity contribution >= 4 is 17.5 Å². The van der Waals surface area contributed by atoms with Crippen LogP contribution in [0.25, 0.3) is 0 Å². The lowest BCUT2D eigenvalue weighted by Crippen LogP contribution is -2.46. The van der Waals surface area contributed by atoms with Gasteiger partial charge < -0.3 is 11.1 Å². The highest BCUT2D eigenvalue weighted by atomic mass is 16.2. The average Bonchev–Trinajstić information content (AvgIpc) is 2.26. The van der Waals surface area contributed by atoms with Gasteiger partial charge in [-0.15, -0.1) is 0 Å². The van der Waals surface area contributed by atoms with Crippen LogP contribution in [0.1, 0.15) is 41.0 Å². The minimum Gasteiger partial charge on any atom is -0.345 e. The molecule has 0 aromatic rings. The summed E-state index contributed by atoms with van der Waals surface area (Å²) in [5, 5.41) is 2.53. The van der Waals surface area contributed by atoms with Crippen LogP contribution in [0.3, 0.4) is 0 Å². The fourth-order valence-electron chi connectivity index (χ4n) is 1.57. The summed E-state index contributed by atoms with van der Waals surface area (Å²) in [5.41, 5.74) is 5.40. The van der Waals surface area contributed by atoms with Crippen LogP contribution >= 0.6 is 0 Å². The zero-order chi connectivity index (χ0) is 14.5. The van der Waals surface area contributed by atoms with Crippen molar-refractivity contribution in [1.29, 1.82) is 0 Å². The van der Waals surface area contributed by atoms with E-state index in [-0.39, 0.29) is 35.7 Å². The third kappa shape index (κ3) is 5.40. The van der Waals surface area contributed by atoms with Crippen molar-refractivity contribution in [3.8, 4) is 0 Å². The summed E-state index contributed by atoms with van der Waals surface area (Å²) in [6.45, 7) is 8.52. The summed E-state index contributed by atoms with van der Waals surface area (Å²) >= 11 is 0. The third-order valence-corrected chi connectivity index (χ3v) is 2.82. The minimum atomic E-state index is -0.644. The molecule has 5 nitrogen and oxygen atoms in total. The zero-order valence-corrected chi connectivity index (χ0v) is 11.8. The van der Waals surface area contributed by atoms with Gasteiger partial charge in [-0.2, -0.15) is 0 Å². The molecule has 0 aromatic heterocycles. The molecule has 104 valence electrons. The normalized spacial score (nSPS) is 15.9. The van der Waals surface area contributed by atoms with Gasteiger partial charge in [0.05, 0.1) is 12.1 Å². The van der Waals surface area contributed by atoms with Gasteiger partial charge in [0, 0.05) is 18.3 Å². The average molecular weight is 256 g/mol. The Hall–Kier alpha value is -1.23. The van der Waals surface area contributed by atoms with E-state index in [0.717, 1.165) is 0 Å². The molecule has 0 aliphatic heterocycles. The smallest absolute Gasteiger partial charge is 0.237 e. The van der Waals surface area contributed by atoms with E-state index in [4.69, 9.17) is 5.73 Å². The Morgan fingerprint density at radius 1 is 1.06 bits per heavy atom. The molecular weight excluding hydrogens is 232 g/mol. The SMILES string of the molecule is CC(C)C(=O)C(C)CC(=O)C(C)NC(=O)C(C)N. The number of Topliss-reactive ketones (excluding diaryl/α,β-unsaturated/α-hetero) is 2. The van der Waals surface area contributed by atoms with Gasteiger partial charge in [-0.3, -0.25) is 14.4 Å². The molecule has 0 bridgehead atoms. The number of hydrogen-bond acceptors (Lipinski definition) is 4. The van der Waals surface area contributed by atoms with Crippen LogP contribution in [-0.2, 0) is 14.4 Å². The number of ketones is 2. The quantitative estimate of drug-likeness (QED) is 0.700. The van der Waals surface area contributed by atoms with Crippen molar-refractivity contribution in [3.05, 3.63) is 0 Å². The molecule has 5 heteroatoms. The topological polar surface area (TPSA) is 89.3 Å². The molecule has 0 saturated carbocycles. The minimum absolute atomic E-state index is 0.0640. The molecular formula is C13H24N2O3. The maximum Gasteiger partial charge on any atom is 0.237 e. The van der Waals surface area contributed by atoms with Crippen LogP contribution in [-0.4, -0.2) is 29.6 Å². The van der Waals surface area contributed by atoms with E-state index in [2.05, 4.69) is 5.32 Å². The van der Waals surface area contributed by atoms with E-state index in [9.17, 15) is 14.4 Å². The predicted molar refractivity (Wildman–Crippen MR) is 69.9 cm³/mol. The molecule has 0 fully saturated rings. The molecule has 18 heavy (non-hydrogen) atoms. The van der Waals surface area contributed by atoms with Crippen molar-refractivity contribution < 1.29 is 14.4 Å². The van der Waals surface area contributed by atoms with Crippen LogP contribution in [0.4, 0.5) is 0 Å². The second kappa shape index (κ2) is 7.26. The lowest BCUT2D eigenvalue weighted by atomic mass is 9.91. The van der Waals surface area contributed by atoms with Crippen molar-refractivity contribution in [2.45, 2.75) is 53.1 Å². The summed E-state index contributed by atoms with van der Waals surface area (Å²) in [4.78, 5) is 34.8. The van der Waals surface area contributed by atoms with E-state index in [1.807, 2.05) is 13.8 Å². The van der Waals surface area contributed by atoms with Crippen LogP contribution in [0, 0.1) is 11.8 Å². The van der Waals surface area contributed by atoms with Gasteiger partial charge in [-0.05, 0) is 13.8 Å². The van der Waals surface area contributed by atoms with E-state index in [1.54, 1.807) is 20.8 Å². The molecule has 0 radical (unpaired) electrons. The van der Waals surface area contributed by atoms with Crippen molar-refractivity contribution in [2.75, 3.05) is 0 Å². The Morgan fingerprint density at radius 2 is 1.56 bits per heavy atom. The first-order valence-electron chi connectivity index (χ1n) is 6.29. The predicted octanol–water partition coefficient (Wildman–Crippen LogP) is 0.659. The second-order valence-corrected chi connectivity index (χ2v) is 5.15. The molecule has 3 atom stereocenters. The fourth-order valence-corrected chi connectivity index (χ4v) is 1.57. The van der Waals surface area contributed by atoms with E-state index in [0.29, 0.717) is 0 Å². The standard InChI is InChI=1S/C13H24N2O3/c1-7(2)12(17)8(3)6-11(16)10(5)15-13(18)9(4)14/h7-10H,6,14H2,1-5H3,(H,15,18). The zero-order valence-electron chi connectivity index (χ0n) is 11.8. The molecule has 0 aliphatic carbocycles. The van der Waals surface area contributed by atoms with Gasteiger partial charge in [0.15, 0.2) is 5.78 Å². The Morgan fingerprint density at radius 3 is 1.94 bits per heavy atom. The fraction of sp³-hybridized carbons (Fsp3) is 0.769. The molecule has 0 heterocycles. The van der Waals surface area contributed by atoms with Gasteiger partial charge in [0.1, 0.15) is 5.78 Å². The molecule has 0 rings (SSSR count). The van der Waals surface area contributed by atoms with Crippen LogP contribution in [0.5, 0.6) is 0 Å². The largest absolute Gasteiger partial charge is 0.345 e. The lowest BCUT2D eigenvalue weighted by Gasteiger charge is -2.17. The maximum absolute atomic E-state index is 11.8. The van der Waals surface area contributed by atoms with Crippen molar-refractivity contribution in [1.82, 2.24) is 5.32 Å². The van der Waals surface area contributed by atoms with E-state index < -0.39 is 12.1 Å². The summed E-state index contributed by atoms with van der Waals surface area (Å²) in [5.74, 6) is -0.841. The molecule has 0 spiro atoms. The Kier molecular flexibility index (Phi) is 6.76. The third-order valence-electron chi connectivity index (χ3n) is 2.82. The second-order valence-electron chi connectivity index (χ2n) is 5.15. The maximum atomic E-state index is 11.8. The highest BCUT2D eigenvalue weighted by Gasteiger charge is 2.23. The number of rotatable bonds is 7. The van der Waals surface area contributed by atoms with Crippen LogP contribution in [0.15, 0.2) is 0 Å². The lowest BCUT2D eigenvalue weighted by molar-refractivity contribution is -0.131. The van der Waals surface area contributed by atoms with Gasteiger partial charge in [-0.25, -0.2) is 0 Å². The van der Waals surface area contributed by atoms with Gasteiger partial charge in [0.2, 0.25) is 5.91 Å². The number of carbonyl (C=O) groups is 3. The first-order valence-corrected chi connectivity index (χ1v) is 6.29. The first-order chi connectivity index (χ1) is 8.16. The van der Waals surface area contributed by atoms with Gasteiger partial charge in [0.25, 0.3) is 0 Å². The highest BCUT2D eigenvalue weighted by molar-refractivity contribution is 5.93. The van der Waals surface area contributed by atoms with E-state index >= 15 is 0 Å². The molecule has 0 aliphatic rings. The Labute approximate surface area is 108 Å². The number of carbonyl (C=O) groups excluding carboxylic acids is 3. The van der Waals surface area contributed by atoms with Crippen LogP contribution < -0.4 is 11.1 Å². The number of nitrogens with one attached hydrogen (secondary N) is 1. The number of hydrogen-bond donors (Lipinski definition) is 2. The Balaban J connectivity index is 4.32. The summed E-state index contributed by atoms with van der Waals surface area (Å²) < 4.78 is 0. The highest BCUT2D eigenvalue weighted by Crippen LogP contribution is 2.12. The van der Waals surface area contributed by atoms with Crippen molar-refractivity contribution in [2.24, 2.45) is 17.6 Å². The molecule has 0 saturated heterocycles. The monoisotopic (exact) mass is 256 g/mol. The van der Waals surface area contributed by atoms with Gasteiger partial charge >= 0.3 is 0 Å². The molecule has 3 N–H and O–H groups in total. The van der Waals surface area contributed by atoms with E-state index in [1.165, 1.54) is 0 Å². The Bertz CT molecular complexity index is 324. The summed E-state index contributed by atoms with van der Waals surface area (Å²) in [6, 6.07) is -1.25. The summed E-state index contributed by atoms with van der Waals surface area (Å²) in [7, 11) is 0. The van der Waals surface area contributed by atoms with Gasteiger partial charge in [-0.1, -0.05) is 20.8 Å². The van der Waals surface area contributed by atoms with Crippen LogP contribution in [0.2, 0.25) is 0 Å². The molecule has 1 amide bonds. The molecule has 0 aromatic carbocycles. The van der Waals surface area contributed by atoms with Crippen molar-refractivity contribution in [3.63, 3.8) is 0 Å². The number of nitrogens with two attached hydrogens (primary N) is 1. The number of amides is 1. The molecule has 3 unspecified atom stereocenters.